The van der Waals surface area contributed by atoms with Crippen molar-refractivity contribution in [2.75, 3.05) is 13.2 Å². The van der Waals surface area contributed by atoms with E-state index < -0.39 is 5.97 Å². The number of benzene rings is 3. The molecule has 5 nitrogen and oxygen atoms in total. The second-order valence-electron chi connectivity index (χ2n) is 8.10. The van der Waals surface area contributed by atoms with Crippen LogP contribution in [0.2, 0.25) is 0 Å². The van der Waals surface area contributed by atoms with Crippen molar-refractivity contribution in [2.45, 2.75) is 45.4 Å². The molecule has 0 amide bonds. The van der Waals surface area contributed by atoms with Crippen molar-refractivity contribution in [1.82, 2.24) is 0 Å². The van der Waals surface area contributed by atoms with Crippen molar-refractivity contribution in [3.8, 4) is 28.4 Å². The average Bonchev–Trinajstić information content (AvgIpc) is 2.83. The molecule has 0 spiro atoms. The number of para-hydroxylation sites is 1. The van der Waals surface area contributed by atoms with Crippen LogP contribution in [0, 0.1) is 5.82 Å². The second kappa shape index (κ2) is 12.6. The highest BCUT2D eigenvalue weighted by atomic mass is 19.1. The predicted molar refractivity (Wildman–Crippen MR) is 130 cm³/mol. The molecular formula is C28H31FO5. The maximum atomic E-state index is 13.2. The van der Waals surface area contributed by atoms with Gasteiger partial charge in [-0.1, -0.05) is 37.3 Å². The zero-order valence-electron chi connectivity index (χ0n) is 19.4. The van der Waals surface area contributed by atoms with Crippen molar-refractivity contribution < 1.29 is 28.9 Å². The molecule has 6 heteroatoms. The Kier molecular flexibility index (Phi) is 9.32. The number of ether oxygens (including phenoxy) is 2. The lowest BCUT2D eigenvalue weighted by Gasteiger charge is -2.14. The lowest BCUT2D eigenvalue weighted by Crippen LogP contribution is -2.04. The van der Waals surface area contributed by atoms with Crippen LogP contribution in [0.5, 0.6) is 17.2 Å². The van der Waals surface area contributed by atoms with Gasteiger partial charge in [0.15, 0.2) is 0 Å². The summed E-state index contributed by atoms with van der Waals surface area (Å²) in [6, 6.07) is 17.1. The van der Waals surface area contributed by atoms with Gasteiger partial charge in [-0.25, -0.2) is 4.39 Å². The molecule has 0 aliphatic rings. The van der Waals surface area contributed by atoms with Crippen LogP contribution in [-0.4, -0.2) is 29.4 Å². The van der Waals surface area contributed by atoms with E-state index in [2.05, 4.69) is 0 Å². The van der Waals surface area contributed by atoms with Gasteiger partial charge in [-0.3, -0.25) is 4.79 Å². The quantitative estimate of drug-likeness (QED) is 0.285. The van der Waals surface area contributed by atoms with Crippen molar-refractivity contribution in [3.05, 3.63) is 77.6 Å². The number of carboxylic acid groups (broad SMARTS) is 1. The number of aromatic hydroxyl groups is 1. The summed E-state index contributed by atoms with van der Waals surface area (Å²) in [6.07, 6.45) is 3.89. The molecule has 0 aliphatic carbocycles. The summed E-state index contributed by atoms with van der Waals surface area (Å²) < 4.78 is 25.0. The summed E-state index contributed by atoms with van der Waals surface area (Å²) in [6.45, 7) is 3.11. The number of rotatable bonds is 13. The van der Waals surface area contributed by atoms with Crippen LogP contribution in [-0.2, 0) is 17.6 Å². The van der Waals surface area contributed by atoms with Crippen LogP contribution < -0.4 is 9.47 Å². The molecule has 3 rings (SSSR count). The standard InChI is InChI=1S/C28H31FO5/c1-2-20-18-24(21-10-13-23(29)14-11-21)25(30)19-27(20)34-17-7-3-6-16-33-26-9-5-4-8-22(26)12-15-28(31)32/h4-5,8-11,13-14,18-19,30H,2-3,6-7,12,15-17H2,1H3,(H,31,32). The highest BCUT2D eigenvalue weighted by molar-refractivity contribution is 5.72. The Bertz CT molecular complexity index is 1080. The zero-order chi connectivity index (χ0) is 24.3. The van der Waals surface area contributed by atoms with Crippen LogP contribution >= 0.6 is 0 Å². The Morgan fingerprint density at radius 2 is 1.56 bits per heavy atom. The van der Waals surface area contributed by atoms with Crippen molar-refractivity contribution in [1.29, 1.82) is 0 Å². The predicted octanol–water partition coefficient (Wildman–Crippen LogP) is 6.41. The first-order chi connectivity index (χ1) is 16.5. The monoisotopic (exact) mass is 466 g/mol. The zero-order valence-corrected chi connectivity index (χ0v) is 19.4. The molecule has 2 N–H and O–H groups in total. The fraction of sp³-hybridized carbons (Fsp3) is 0.321. The number of halogens is 1. The fourth-order valence-electron chi connectivity index (χ4n) is 3.72. The molecule has 0 radical (unpaired) electrons. The van der Waals surface area contributed by atoms with Crippen LogP contribution in [0.25, 0.3) is 11.1 Å². The summed E-state index contributed by atoms with van der Waals surface area (Å²) in [5.41, 5.74) is 3.30. The third kappa shape index (κ3) is 7.24. The highest BCUT2D eigenvalue weighted by Gasteiger charge is 2.12. The van der Waals surface area contributed by atoms with Crippen LogP contribution in [0.4, 0.5) is 4.39 Å². The molecule has 180 valence electrons. The number of unbranched alkanes of at least 4 members (excludes halogenated alkanes) is 2. The van der Waals surface area contributed by atoms with Gasteiger partial charge in [-0.2, -0.15) is 0 Å². The Morgan fingerprint density at radius 1 is 0.882 bits per heavy atom. The van der Waals surface area contributed by atoms with E-state index in [0.29, 0.717) is 30.9 Å². The number of phenols is 1. The summed E-state index contributed by atoms with van der Waals surface area (Å²) in [5, 5.41) is 19.4. The summed E-state index contributed by atoms with van der Waals surface area (Å²) in [5.74, 6) is 0.374. The minimum Gasteiger partial charge on any atom is -0.507 e. The number of hydrogen-bond donors (Lipinski definition) is 2. The normalized spacial score (nSPS) is 10.8. The maximum absolute atomic E-state index is 13.2. The SMILES string of the molecule is CCc1cc(-c2ccc(F)cc2)c(O)cc1OCCCCCOc1ccccc1CCC(=O)O. The second-order valence-corrected chi connectivity index (χ2v) is 8.10. The number of aryl methyl sites for hydroxylation is 2. The van der Waals surface area contributed by atoms with Gasteiger partial charge in [0.05, 0.1) is 13.2 Å². The summed E-state index contributed by atoms with van der Waals surface area (Å²) in [7, 11) is 0. The van der Waals surface area contributed by atoms with Gasteiger partial charge in [0, 0.05) is 18.1 Å². The molecule has 0 saturated carbocycles. The first-order valence-electron chi connectivity index (χ1n) is 11.6. The van der Waals surface area contributed by atoms with Crippen LogP contribution in [0.15, 0.2) is 60.7 Å². The van der Waals surface area contributed by atoms with E-state index in [1.165, 1.54) is 12.1 Å². The molecule has 0 atom stereocenters. The van der Waals surface area contributed by atoms with Gasteiger partial charge >= 0.3 is 5.97 Å². The van der Waals surface area contributed by atoms with Gasteiger partial charge in [0.1, 0.15) is 23.1 Å². The summed E-state index contributed by atoms with van der Waals surface area (Å²) in [4.78, 5) is 10.8. The number of aliphatic carboxylic acids is 1. The van der Waals surface area contributed by atoms with Gasteiger partial charge in [-0.05, 0) is 73.1 Å². The van der Waals surface area contributed by atoms with E-state index in [1.54, 1.807) is 18.2 Å². The topological polar surface area (TPSA) is 76.0 Å². The Balaban J connectivity index is 1.45. The van der Waals surface area contributed by atoms with E-state index in [1.807, 2.05) is 37.3 Å². The Labute approximate surface area is 199 Å². The van der Waals surface area contributed by atoms with Crippen LogP contribution in [0.3, 0.4) is 0 Å². The van der Waals surface area contributed by atoms with E-state index in [-0.39, 0.29) is 18.0 Å². The molecule has 3 aromatic carbocycles. The molecule has 0 aliphatic heterocycles. The fourth-order valence-corrected chi connectivity index (χ4v) is 3.72. The Morgan fingerprint density at radius 3 is 2.24 bits per heavy atom. The van der Waals surface area contributed by atoms with Crippen LogP contribution in [0.1, 0.15) is 43.7 Å². The van der Waals surface area contributed by atoms with E-state index >= 15 is 0 Å². The Hall–Kier alpha value is -3.54. The number of phenolic OH excluding ortho intramolecular Hbond substituents is 1. The van der Waals surface area contributed by atoms with Crippen molar-refractivity contribution in [2.24, 2.45) is 0 Å². The molecule has 0 bridgehead atoms. The highest BCUT2D eigenvalue weighted by Crippen LogP contribution is 2.36. The summed E-state index contributed by atoms with van der Waals surface area (Å²) >= 11 is 0. The van der Waals surface area contributed by atoms with Gasteiger partial charge in [-0.15, -0.1) is 0 Å². The maximum Gasteiger partial charge on any atom is 0.303 e. The first-order valence-corrected chi connectivity index (χ1v) is 11.6. The number of hydrogen-bond acceptors (Lipinski definition) is 4. The molecule has 0 heterocycles. The molecule has 0 fully saturated rings. The minimum absolute atomic E-state index is 0.0812. The van der Waals surface area contributed by atoms with Gasteiger partial charge in [0.25, 0.3) is 0 Å². The van der Waals surface area contributed by atoms with Crippen molar-refractivity contribution >= 4 is 5.97 Å². The third-order valence-electron chi connectivity index (χ3n) is 5.60. The lowest BCUT2D eigenvalue weighted by molar-refractivity contribution is -0.136. The molecule has 0 unspecified atom stereocenters. The van der Waals surface area contributed by atoms with Gasteiger partial charge < -0.3 is 19.7 Å². The molecule has 0 aromatic heterocycles. The molecule has 0 saturated heterocycles. The molecule has 34 heavy (non-hydrogen) atoms. The number of carboxylic acids is 1. The molecule has 3 aromatic rings. The third-order valence-corrected chi connectivity index (χ3v) is 5.60. The average molecular weight is 467 g/mol. The smallest absolute Gasteiger partial charge is 0.303 e. The largest absolute Gasteiger partial charge is 0.507 e. The van der Waals surface area contributed by atoms with E-state index in [9.17, 15) is 14.3 Å². The minimum atomic E-state index is -0.820. The van der Waals surface area contributed by atoms with E-state index in [0.717, 1.165) is 48.1 Å². The first kappa shape index (κ1) is 25.1. The van der Waals surface area contributed by atoms with E-state index in [4.69, 9.17) is 14.6 Å². The molecular weight excluding hydrogens is 435 g/mol. The number of carbonyl (C=O) groups is 1. The lowest BCUT2D eigenvalue weighted by atomic mass is 10.00. The van der Waals surface area contributed by atoms with Gasteiger partial charge in [0.2, 0.25) is 0 Å². The van der Waals surface area contributed by atoms with Crippen molar-refractivity contribution in [3.63, 3.8) is 0 Å².